The van der Waals surface area contributed by atoms with Crippen molar-refractivity contribution in [3.05, 3.63) is 24.3 Å². The molecule has 0 unspecified atom stereocenters. The molecule has 0 radical (unpaired) electrons. The Bertz CT molecular complexity index is 449. The zero-order valence-corrected chi connectivity index (χ0v) is 11.2. The second-order valence-corrected chi connectivity index (χ2v) is 4.60. The maximum absolute atomic E-state index is 11.0. The second kappa shape index (κ2) is 5.93. The SMILES string of the molecule is CCN(C[C@@H]1COc2ccccc2O1)[C@@H](C)C(=O)O. The van der Waals surface area contributed by atoms with E-state index in [4.69, 9.17) is 14.6 Å². The predicted octanol–water partition coefficient (Wildman–Crippen LogP) is 1.62. The molecule has 0 aliphatic carbocycles. The first-order chi connectivity index (χ1) is 9.11. The van der Waals surface area contributed by atoms with Gasteiger partial charge in [0, 0.05) is 6.54 Å². The number of hydrogen-bond acceptors (Lipinski definition) is 4. The van der Waals surface area contributed by atoms with Gasteiger partial charge in [-0.1, -0.05) is 19.1 Å². The third kappa shape index (κ3) is 3.17. The normalized spacial score (nSPS) is 19.2. The van der Waals surface area contributed by atoms with E-state index in [1.54, 1.807) is 6.92 Å². The van der Waals surface area contributed by atoms with Crippen LogP contribution in [0, 0.1) is 0 Å². The Morgan fingerprint density at radius 2 is 2.16 bits per heavy atom. The maximum Gasteiger partial charge on any atom is 0.320 e. The number of aliphatic carboxylic acids is 1. The lowest BCUT2D eigenvalue weighted by Gasteiger charge is -2.32. The summed E-state index contributed by atoms with van der Waals surface area (Å²) in [5, 5.41) is 9.06. The molecule has 5 nitrogen and oxygen atoms in total. The lowest BCUT2D eigenvalue weighted by molar-refractivity contribution is -0.143. The van der Waals surface area contributed by atoms with E-state index < -0.39 is 12.0 Å². The topological polar surface area (TPSA) is 59.0 Å². The summed E-state index contributed by atoms with van der Waals surface area (Å²) in [5.74, 6) is 0.643. The summed E-state index contributed by atoms with van der Waals surface area (Å²) in [7, 11) is 0. The highest BCUT2D eigenvalue weighted by Gasteiger charge is 2.26. The quantitative estimate of drug-likeness (QED) is 0.876. The van der Waals surface area contributed by atoms with Crippen LogP contribution in [0.2, 0.25) is 0 Å². The van der Waals surface area contributed by atoms with E-state index in [0.29, 0.717) is 19.7 Å². The Morgan fingerprint density at radius 1 is 1.47 bits per heavy atom. The first kappa shape index (κ1) is 13.7. The number of rotatable bonds is 5. The van der Waals surface area contributed by atoms with E-state index >= 15 is 0 Å². The first-order valence-corrected chi connectivity index (χ1v) is 6.47. The lowest BCUT2D eigenvalue weighted by Crippen LogP contribution is -2.47. The van der Waals surface area contributed by atoms with Crippen molar-refractivity contribution in [2.45, 2.75) is 26.0 Å². The van der Waals surface area contributed by atoms with Crippen LogP contribution in [-0.2, 0) is 4.79 Å². The van der Waals surface area contributed by atoms with Crippen LogP contribution in [-0.4, -0.2) is 47.8 Å². The van der Waals surface area contributed by atoms with Crippen LogP contribution < -0.4 is 9.47 Å². The molecule has 1 aliphatic rings. The number of carboxylic acids is 1. The summed E-state index contributed by atoms with van der Waals surface area (Å²) in [6, 6.07) is 6.99. The molecule has 0 bridgehead atoms. The summed E-state index contributed by atoms with van der Waals surface area (Å²) in [6.07, 6.45) is -0.142. The molecule has 0 amide bonds. The van der Waals surface area contributed by atoms with Gasteiger partial charge in [0.2, 0.25) is 0 Å². The molecule has 1 aromatic rings. The minimum absolute atomic E-state index is 0.142. The fourth-order valence-corrected chi connectivity index (χ4v) is 2.13. The second-order valence-electron chi connectivity index (χ2n) is 4.60. The number of benzene rings is 1. The Balaban J connectivity index is 1.99. The molecular formula is C14H19NO4. The average molecular weight is 265 g/mol. The fourth-order valence-electron chi connectivity index (χ4n) is 2.13. The highest BCUT2D eigenvalue weighted by atomic mass is 16.6. The van der Waals surface area contributed by atoms with E-state index in [-0.39, 0.29) is 6.10 Å². The van der Waals surface area contributed by atoms with E-state index in [0.717, 1.165) is 11.5 Å². The van der Waals surface area contributed by atoms with E-state index in [2.05, 4.69) is 0 Å². The van der Waals surface area contributed by atoms with Gasteiger partial charge in [-0.05, 0) is 25.6 Å². The van der Waals surface area contributed by atoms with Crippen molar-refractivity contribution in [2.24, 2.45) is 0 Å². The van der Waals surface area contributed by atoms with Crippen molar-refractivity contribution >= 4 is 5.97 Å². The molecule has 0 fully saturated rings. The number of carboxylic acid groups (broad SMARTS) is 1. The maximum atomic E-state index is 11.0. The fraction of sp³-hybridized carbons (Fsp3) is 0.500. The minimum atomic E-state index is -0.820. The zero-order chi connectivity index (χ0) is 13.8. The molecule has 1 aromatic carbocycles. The van der Waals surface area contributed by atoms with Gasteiger partial charge in [-0.2, -0.15) is 0 Å². The molecule has 1 heterocycles. The van der Waals surface area contributed by atoms with Crippen LogP contribution in [0.25, 0.3) is 0 Å². The number of hydrogen-bond donors (Lipinski definition) is 1. The minimum Gasteiger partial charge on any atom is -0.486 e. The number of carbonyl (C=O) groups is 1. The van der Waals surface area contributed by atoms with Crippen LogP contribution in [0.3, 0.4) is 0 Å². The Morgan fingerprint density at radius 3 is 2.79 bits per heavy atom. The summed E-state index contributed by atoms with van der Waals surface area (Å²) in [6.45, 7) is 5.27. The molecule has 0 saturated carbocycles. The van der Waals surface area contributed by atoms with Crippen molar-refractivity contribution in [1.29, 1.82) is 0 Å². The van der Waals surface area contributed by atoms with Gasteiger partial charge in [0.1, 0.15) is 18.8 Å². The predicted molar refractivity (Wildman–Crippen MR) is 70.7 cm³/mol. The number of nitrogens with zero attached hydrogens (tertiary/aromatic N) is 1. The van der Waals surface area contributed by atoms with Crippen LogP contribution in [0.5, 0.6) is 11.5 Å². The van der Waals surface area contributed by atoms with Gasteiger partial charge in [-0.15, -0.1) is 0 Å². The molecule has 0 spiro atoms. The third-order valence-corrected chi connectivity index (χ3v) is 3.32. The first-order valence-electron chi connectivity index (χ1n) is 6.47. The number of fused-ring (bicyclic) bond motifs is 1. The average Bonchev–Trinajstić information content (AvgIpc) is 2.43. The van der Waals surface area contributed by atoms with Crippen LogP contribution in [0.1, 0.15) is 13.8 Å². The van der Waals surface area contributed by atoms with Gasteiger partial charge in [-0.3, -0.25) is 9.69 Å². The molecule has 1 aliphatic heterocycles. The van der Waals surface area contributed by atoms with Gasteiger partial charge in [0.15, 0.2) is 11.5 Å². The molecule has 104 valence electrons. The third-order valence-electron chi connectivity index (χ3n) is 3.32. The van der Waals surface area contributed by atoms with Gasteiger partial charge >= 0.3 is 5.97 Å². The Hall–Kier alpha value is -1.75. The van der Waals surface area contributed by atoms with Crippen LogP contribution in [0.15, 0.2) is 24.3 Å². The molecule has 2 atom stereocenters. The van der Waals surface area contributed by atoms with Crippen molar-refractivity contribution in [3.8, 4) is 11.5 Å². The van der Waals surface area contributed by atoms with Gasteiger partial charge < -0.3 is 14.6 Å². The largest absolute Gasteiger partial charge is 0.486 e. The Kier molecular flexibility index (Phi) is 4.27. The van der Waals surface area contributed by atoms with Crippen LogP contribution >= 0.6 is 0 Å². The van der Waals surface area contributed by atoms with Crippen molar-refractivity contribution < 1.29 is 19.4 Å². The number of likely N-dealkylation sites (N-methyl/N-ethyl adjacent to an activating group) is 1. The molecule has 1 N–H and O–H groups in total. The van der Waals surface area contributed by atoms with Gasteiger partial charge in [0.25, 0.3) is 0 Å². The lowest BCUT2D eigenvalue weighted by atomic mass is 10.2. The standard InChI is InChI=1S/C14H19NO4/c1-3-15(10(2)14(16)17)8-11-9-18-12-6-4-5-7-13(12)19-11/h4-7,10-11H,3,8-9H2,1-2H3,(H,16,17)/t10-,11+/m0/s1. The molecule has 0 saturated heterocycles. The van der Waals surface area contributed by atoms with E-state index in [9.17, 15) is 4.79 Å². The monoisotopic (exact) mass is 265 g/mol. The number of ether oxygens (including phenoxy) is 2. The van der Waals surface area contributed by atoms with Gasteiger partial charge in [-0.25, -0.2) is 0 Å². The highest BCUT2D eigenvalue weighted by Crippen LogP contribution is 2.31. The summed E-state index contributed by atoms with van der Waals surface area (Å²) in [5.41, 5.74) is 0. The Labute approximate surface area is 112 Å². The number of para-hydroxylation sites is 2. The molecular weight excluding hydrogens is 246 g/mol. The molecule has 0 aromatic heterocycles. The summed E-state index contributed by atoms with van der Waals surface area (Å²) in [4.78, 5) is 12.9. The van der Waals surface area contributed by atoms with Crippen LogP contribution in [0.4, 0.5) is 0 Å². The smallest absolute Gasteiger partial charge is 0.320 e. The summed E-state index contributed by atoms with van der Waals surface area (Å²) >= 11 is 0. The van der Waals surface area contributed by atoms with Crippen molar-refractivity contribution in [1.82, 2.24) is 4.90 Å². The van der Waals surface area contributed by atoms with Crippen molar-refractivity contribution in [2.75, 3.05) is 19.7 Å². The molecule has 5 heteroatoms. The molecule has 19 heavy (non-hydrogen) atoms. The van der Waals surface area contributed by atoms with E-state index in [1.807, 2.05) is 36.1 Å². The van der Waals surface area contributed by atoms with Crippen molar-refractivity contribution in [3.63, 3.8) is 0 Å². The molecule has 2 rings (SSSR count). The highest BCUT2D eigenvalue weighted by molar-refractivity contribution is 5.72. The van der Waals surface area contributed by atoms with Gasteiger partial charge in [0.05, 0.1) is 0 Å². The van der Waals surface area contributed by atoms with E-state index in [1.165, 1.54) is 0 Å². The zero-order valence-electron chi connectivity index (χ0n) is 11.2. The summed E-state index contributed by atoms with van der Waals surface area (Å²) < 4.78 is 11.5.